The number of para-hydroxylation sites is 1. The number of urea groups is 1. The van der Waals surface area contributed by atoms with E-state index in [4.69, 9.17) is 23.2 Å². The summed E-state index contributed by atoms with van der Waals surface area (Å²) in [6.45, 7) is 1.88. The fourth-order valence-corrected chi connectivity index (χ4v) is 2.76. The van der Waals surface area contributed by atoms with Crippen molar-refractivity contribution in [3.63, 3.8) is 0 Å². The number of anilines is 1. The molecule has 0 aliphatic rings. The van der Waals surface area contributed by atoms with E-state index in [0.29, 0.717) is 10.0 Å². The number of amides is 3. The molecular weight excluding hydrogens is 368 g/mol. The minimum absolute atomic E-state index is 0.00177. The minimum atomic E-state index is -0.791. The van der Waals surface area contributed by atoms with Crippen LogP contribution in [0.15, 0.2) is 42.5 Å². The van der Waals surface area contributed by atoms with E-state index in [1.54, 1.807) is 29.6 Å². The van der Waals surface area contributed by atoms with Crippen LogP contribution in [0.2, 0.25) is 10.0 Å². The molecule has 8 heteroatoms. The first-order valence-electron chi connectivity index (χ1n) is 7.50. The van der Waals surface area contributed by atoms with Gasteiger partial charge in [-0.2, -0.15) is 0 Å². The third kappa shape index (κ3) is 5.70. The Balaban J connectivity index is 1.83. The predicted molar refractivity (Wildman–Crippen MR) is 95.2 cm³/mol. The van der Waals surface area contributed by atoms with Crippen molar-refractivity contribution in [2.75, 3.05) is 11.9 Å². The van der Waals surface area contributed by atoms with Crippen molar-refractivity contribution in [3.8, 4) is 0 Å². The van der Waals surface area contributed by atoms with Gasteiger partial charge in [-0.3, -0.25) is 10.1 Å². The topological polar surface area (TPSA) is 74.8 Å². The number of nitrogens with one attached hydrogen (secondary N) is 2. The van der Waals surface area contributed by atoms with Crippen LogP contribution in [0.3, 0.4) is 0 Å². The van der Waals surface area contributed by atoms with Crippen LogP contribution >= 0.6 is 23.2 Å². The molecule has 0 saturated carbocycles. The van der Waals surface area contributed by atoms with Crippen LogP contribution in [-0.4, -0.2) is 18.5 Å². The summed E-state index contributed by atoms with van der Waals surface area (Å²) in [5.41, 5.74) is 0.827. The Morgan fingerprint density at radius 1 is 1.20 bits per heavy atom. The molecule has 0 unspecified atom stereocenters. The summed E-state index contributed by atoms with van der Waals surface area (Å²) >= 11 is 12.0. The van der Waals surface area contributed by atoms with Crippen LogP contribution in [0, 0.1) is 5.82 Å². The standard InChI is InChI=1S/C17H16Cl2FN3O2/c1-10(12-7-6-11(18)8-13(12)19)21-9-16(24)23-17(25)22-15-5-3-2-4-14(15)20/h2-8,10,21H,9H2,1H3,(H2,22,23,24,25)/p+1/t10-/m0/s1. The van der Waals surface area contributed by atoms with Gasteiger partial charge in [-0.05, 0) is 31.2 Å². The molecule has 0 radical (unpaired) electrons. The largest absolute Gasteiger partial charge is 0.332 e. The lowest BCUT2D eigenvalue weighted by Gasteiger charge is -2.13. The third-order valence-corrected chi connectivity index (χ3v) is 4.05. The lowest BCUT2D eigenvalue weighted by Crippen LogP contribution is -2.87. The van der Waals surface area contributed by atoms with Gasteiger partial charge in [-0.15, -0.1) is 0 Å². The van der Waals surface area contributed by atoms with E-state index in [-0.39, 0.29) is 18.3 Å². The summed E-state index contributed by atoms with van der Waals surface area (Å²) in [6.07, 6.45) is 0. The second kappa shape index (κ2) is 8.80. The highest BCUT2D eigenvalue weighted by molar-refractivity contribution is 6.35. The summed E-state index contributed by atoms with van der Waals surface area (Å²) in [7, 11) is 0. The summed E-state index contributed by atoms with van der Waals surface area (Å²) in [4.78, 5) is 23.6. The first kappa shape index (κ1) is 19.2. The van der Waals surface area contributed by atoms with Gasteiger partial charge in [-0.25, -0.2) is 9.18 Å². The molecule has 0 heterocycles. The first-order valence-corrected chi connectivity index (χ1v) is 8.26. The third-order valence-electron chi connectivity index (χ3n) is 3.48. The van der Waals surface area contributed by atoms with E-state index in [0.717, 1.165) is 5.56 Å². The van der Waals surface area contributed by atoms with Crippen molar-refractivity contribution in [3.05, 3.63) is 63.9 Å². The number of halogens is 3. The van der Waals surface area contributed by atoms with E-state index in [1.165, 1.54) is 18.2 Å². The smallest absolute Gasteiger partial charge is 0.326 e. The maximum absolute atomic E-state index is 13.4. The molecule has 0 fully saturated rings. The monoisotopic (exact) mass is 384 g/mol. The van der Waals surface area contributed by atoms with Crippen molar-refractivity contribution in [2.45, 2.75) is 13.0 Å². The highest BCUT2D eigenvalue weighted by Gasteiger charge is 2.16. The maximum Gasteiger partial charge on any atom is 0.326 e. The SMILES string of the molecule is C[C@H]([NH2+]CC(=O)NC(=O)Nc1ccccc1F)c1ccc(Cl)cc1Cl. The molecular formula is C17H17Cl2FN3O2+. The van der Waals surface area contributed by atoms with Gasteiger partial charge in [0.05, 0.1) is 10.7 Å². The number of imide groups is 1. The van der Waals surface area contributed by atoms with Crippen LogP contribution in [-0.2, 0) is 4.79 Å². The number of nitrogens with two attached hydrogens (primary N) is 1. The zero-order chi connectivity index (χ0) is 18.4. The Morgan fingerprint density at radius 2 is 1.92 bits per heavy atom. The van der Waals surface area contributed by atoms with E-state index < -0.39 is 17.8 Å². The average Bonchev–Trinajstić information content (AvgIpc) is 2.54. The molecule has 0 bridgehead atoms. The molecule has 2 aromatic carbocycles. The number of quaternary nitrogens is 1. The van der Waals surface area contributed by atoms with E-state index in [1.807, 2.05) is 6.92 Å². The second-order valence-electron chi connectivity index (χ2n) is 5.38. The molecule has 2 aromatic rings. The number of hydrogen-bond donors (Lipinski definition) is 3. The molecule has 132 valence electrons. The Morgan fingerprint density at radius 3 is 2.60 bits per heavy atom. The van der Waals surface area contributed by atoms with Gasteiger partial charge in [0.25, 0.3) is 5.91 Å². The number of carbonyl (C=O) groups excluding carboxylic acids is 2. The van der Waals surface area contributed by atoms with Crippen molar-refractivity contribution < 1.29 is 19.3 Å². The van der Waals surface area contributed by atoms with E-state index in [2.05, 4.69) is 10.6 Å². The lowest BCUT2D eigenvalue weighted by molar-refractivity contribution is -0.682. The molecule has 2 rings (SSSR count). The highest BCUT2D eigenvalue weighted by Crippen LogP contribution is 2.24. The van der Waals surface area contributed by atoms with Crippen LogP contribution in [0.5, 0.6) is 0 Å². The quantitative estimate of drug-likeness (QED) is 0.740. The Hall–Kier alpha value is -2.15. The van der Waals surface area contributed by atoms with Gasteiger partial charge in [0.1, 0.15) is 11.9 Å². The zero-order valence-electron chi connectivity index (χ0n) is 13.4. The summed E-state index contributed by atoms with van der Waals surface area (Å²) in [6, 6.07) is 9.92. The predicted octanol–water partition coefficient (Wildman–Crippen LogP) is 3.11. The fourth-order valence-electron chi connectivity index (χ4n) is 2.18. The van der Waals surface area contributed by atoms with Crippen LogP contribution < -0.4 is 16.0 Å². The molecule has 0 aliphatic heterocycles. The molecule has 0 aromatic heterocycles. The lowest BCUT2D eigenvalue weighted by atomic mass is 10.1. The molecule has 0 spiro atoms. The molecule has 4 N–H and O–H groups in total. The zero-order valence-corrected chi connectivity index (χ0v) is 14.9. The molecule has 0 saturated heterocycles. The van der Waals surface area contributed by atoms with Gasteiger partial charge < -0.3 is 10.6 Å². The van der Waals surface area contributed by atoms with E-state index in [9.17, 15) is 14.0 Å². The van der Waals surface area contributed by atoms with Crippen LogP contribution in [0.1, 0.15) is 18.5 Å². The summed E-state index contributed by atoms with van der Waals surface area (Å²) in [5, 5.41) is 7.19. The number of carbonyl (C=O) groups is 2. The van der Waals surface area contributed by atoms with Gasteiger partial charge in [0.2, 0.25) is 0 Å². The van der Waals surface area contributed by atoms with Crippen molar-refractivity contribution in [1.29, 1.82) is 0 Å². The molecule has 3 amide bonds. The van der Waals surface area contributed by atoms with Gasteiger partial charge in [-0.1, -0.05) is 41.4 Å². The van der Waals surface area contributed by atoms with Crippen LogP contribution in [0.4, 0.5) is 14.9 Å². The van der Waals surface area contributed by atoms with Crippen molar-refractivity contribution >= 4 is 40.8 Å². The fraction of sp³-hybridized carbons (Fsp3) is 0.176. The number of rotatable bonds is 5. The summed E-state index contributed by atoms with van der Waals surface area (Å²) < 4.78 is 13.4. The van der Waals surface area contributed by atoms with Gasteiger partial charge in [0, 0.05) is 10.6 Å². The Kier molecular flexibility index (Phi) is 6.75. The maximum atomic E-state index is 13.4. The van der Waals surface area contributed by atoms with E-state index >= 15 is 0 Å². The minimum Gasteiger partial charge on any atom is -0.332 e. The average molecular weight is 385 g/mol. The Bertz CT molecular complexity index is 786. The van der Waals surface area contributed by atoms with Crippen LogP contribution in [0.25, 0.3) is 0 Å². The van der Waals surface area contributed by atoms with Gasteiger partial charge >= 0.3 is 6.03 Å². The normalized spacial score (nSPS) is 11.7. The van der Waals surface area contributed by atoms with Gasteiger partial charge in [0.15, 0.2) is 6.54 Å². The first-order chi connectivity index (χ1) is 11.9. The molecule has 1 atom stereocenters. The number of hydrogen-bond acceptors (Lipinski definition) is 2. The number of benzene rings is 2. The highest BCUT2D eigenvalue weighted by atomic mass is 35.5. The molecule has 5 nitrogen and oxygen atoms in total. The summed E-state index contributed by atoms with van der Waals surface area (Å²) in [5.74, 6) is -1.09. The Labute approximate surface area is 154 Å². The van der Waals surface area contributed by atoms with Crippen molar-refractivity contribution in [2.24, 2.45) is 0 Å². The van der Waals surface area contributed by atoms with Crippen molar-refractivity contribution in [1.82, 2.24) is 5.32 Å². The molecule has 25 heavy (non-hydrogen) atoms. The second-order valence-corrected chi connectivity index (χ2v) is 6.22. The molecule has 0 aliphatic carbocycles.